The predicted molar refractivity (Wildman–Crippen MR) is 181 cm³/mol. The molecular formula is C34H35ClN9O4+. The van der Waals surface area contributed by atoms with Crippen LogP contribution in [0.15, 0.2) is 42.6 Å². The van der Waals surface area contributed by atoms with E-state index in [0.717, 1.165) is 33.5 Å². The van der Waals surface area contributed by atoms with Gasteiger partial charge in [0.25, 0.3) is 0 Å². The van der Waals surface area contributed by atoms with Crippen molar-refractivity contribution in [3.63, 3.8) is 0 Å². The summed E-state index contributed by atoms with van der Waals surface area (Å²) in [5, 5.41) is 11.5. The Bertz CT molecular complexity index is 2060. The minimum absolute atomic E-state index is 0.00483. The van der Waals surface area contributed by atoms with Crippen LogP contribution in [0.4, 0.5) is 28.8 Å². The van der Waals surface area contributed by atoms with Gasteiger partial charge < -0.3 is 15.1 Å². The lowest BCUT2D eigenvalue weighted by atomic mass is 9.87. The van der Waals surface area contributed by atoms with Crippen molar-refractivity contribution in [2.75, 3.05) is 35.8 Å². The second-order valence-corrected chi connectivity index (χ2v) is 13.2. The lowest BCUT2D eigenvalue weighted by molar-refractivity contribution is -0.411. The number of rotatable bonds is 6. The Labute approximate surface area is 281 Å². The van der Waals surface area contributed by atoms with E-state index >= 15 is 0 Å². The maximum Gasteiger partial charge on any atom is 0.434 e. The highest BCUT2D eigenvalue weighted by Crippen LogP contribution is 2.35. The zero-order valence-electron chi connectivity index (χ0n) is 27.0. The fourth-order valence-corrected chi connectivity index (χ4v) is 6.93. The summed E-state index contributed by atoms with van der Waals surface area (Å²) in [5.41, 5.74) is 4.80. The van der Waals surface area contributed by atoms with E-state index in [-0.39, 0.29) is 41.9 Å². The van der Waals surface area contributed by atoms with Crippen LogP contribution >= 0.6 is 11.6 Å². The molecule has 0 bridgehead atoms. The molecular weight excluding hydrogens is 634 g/mol. The van der Waals surface area contributed by atoms with Gasteiger partial charge in [-0.25, -0.2) is 4.58 Å². The number of fused-ring (bicyclic) bond motifs is 2. The highest BCUT2D eigenvalue weighted by Gasteiger charge is 2.35. The molecule has 2 unspecified atom stereocenters. The largest absolute Gasteiger partial charge is 0.434 e. The number of nitrogens with one attached hydrogen (secondary N) is 2. The van der Waals surface area contributed by atoms with Crippen LogP contribution in [0.1, 0.15) is 43.4 Å². The van der Waals surface area contributed by atoms with Gasteiger partial charge in [-0.1, -0.05) is 23.5 Å². The molecule has 2 aromatic heterocycles. The quantitative estimate of drug-likeness (QED) is 0.179. The number of imide groups is 1. The Balaban J connectivity index is 1.07. The van der Waals surface area contributed by atoms with Crippen LogP contribution in [0.25, 0.3) is 10.9 Å². The van der Waals surface area contributed by atoms with E-state index in [1.807, 2.05) is 61.3 Å². The second-order valence-electron chi connectivity index (χ2n) is 12.8. The highest BCUT2D eigenvalue weighted by molar-refractivity contribution is 6.32. The van der Waals surface area contributed by atoms with Crippen molar-refractivity contribution < 1.29 is 23.8 Å². The molecule has 2 saturated heterocycles. The van der Waals surface area contributed by atoms with E-state index in [1.165, 1.54) is 0 Å². The number of halogens is 1. The molecule has 0 saturated carbocycles. The molecule has 14 heteroatoms. The normalized spacial score (nSPS) is 21.6. The second kappa shape index (κ2) is 12.1. The third-order valence-corrected chi connectivity index (χ3v) is 9.82. The molecule has 3 aliphatic rings. The highest BCUT2D eigenvalue weighted by atomic mass is 35.5. The lowest BCUT2D eigenvalue weighted by Crippen LogP contribution is -2.44. The number of hydrogen-bond acceptors (Lipinski definition) is 8. The van der Waals surface area contributed by atoms with Crippen LogP contribution in [0.5, 0.6) is 0 Å². The summed E-state index contributed by atoms with van der Waals surface area (Å²) in [7, 11) is 5.43. The van der Waals surface area contributed by atoms with Crippen molar-refractivity contribution in [3.05, 3.63) is 58.9 Å². The van der Waals surface area contributed by atoms with E-state index in [4.69, 9.17) is 11.6 Å². The number of benzene rings is 2. The van der Waals surface area contributed by atoms with Crippen molar-refractivity contribution in [3.8, 4) is 0 Å². The Kier molecular flexibility index (Phi) is 7.94. The first-order chi connectivity index (χ1) is 23.0. The molecule has 13 nitrogen and oxygen atoms in total. The number of carbonyl (C=O) groups excluding carboxylic acids is 4. The molecule has 0 spiro atoms. The van der Waals surface area contributed by atoms with Crippen LogP contribution in [-0.2, 0) is 32.6 Å². The number of aryl methyl sites for hydroxylation is 1. The van der Waals surface area contributed by atoms with Crippen molar-refractivity contribution in [1.82, 2.24) is 25.1 Å². The number of likely N-dealkylation sites (N-methyl/N-ethyl adjacent to an activating group) is 1. The number of nitrogens with zero attached hydrogens (tertiary/aromatic N) is 7. The number of carbonyl (C=O) groups is 4. The maximum atomic E-state index is 13.5. The standard InChI is InChI=1S/C34H34ClN9O4/c1-18-16-44(22-6-7-23-27(14-22)43(4)40-31(23)24-8-10-28(45)38-33(24)48)30(47)13-20(18)17-41(2)34-36-15-25(35)32(39-34)37-21-5-9-26-19(11-21)12-29(46)42(26)3/h5-7,9,11,14-15,17-18,20,24H,8,10,12-13,16H2,1-4H3,(H-,36,37,38,39,45,48)/p+1/b41-17+/t18-,20?,24?/m0/s1. The molecule has 0 aliphatic carbocycles. The van der Waals surface area contributed by atoms with Gasteiger partial charge in [0.1, 0.15) is 11.2 Å². The molecule has 4 amide bonds. The van der Waals surface area contributed by atoms with Crippen molar-refractivity contribution in [1.29, 1.82) is 0 Å². The third kappa shape index (κ3) is 5.68. The van der Waals surface area contributed by atoms with E-state index in [0.29, 0.717) is 48.3 Å². The summed E-state index contributed by atoms with van der Waals surface area (Å²) in [6, 6.07) is 11.4. The van der Waals surface area contributed by atoms with Gasteiger partial charge in [0.05, 0.1) is 30.6 Å². The number of amides is 4. The Morgan fingerprint density at radius 3 is 2.69 bits per heavy atom. The summed E-state index contributed by atoms with van der Waals surface area (Å²) in [4.78, 5) is 62.4. The van der Waals surface area contributed by atoms with E-state index in [1.54, 1.807) is 27.7 Å². The van der Waals surface area contributed by atoms with Gasteiger partial charge in [0, 0.05) is 68.1 Å². The molecule has 2 aromatic carbocycles. The molecule has 3 aliphatic heterocycles. The fourth-order valence-electron chi connectivity index (χ4n) is 6.79. The number of piperidine rings is 2. The molecule has 48 heavy (non-hydrogen) atoms. The van der Waals surface area contributed by atoms with E-state index in [2.05, 4.69) is 32.6 Å². The summed E-state index contributed by atoms with van der Waals surface area (Å²) in [6.45, 7) is 2.63. The summed E-state index contributed by atoms with van der Waals surface area (Å²) in [6.07, 6.45) is 4.87. The average molecular weight is 669 g/mol. The zero-order chi connectivity index (χ0) is 33.9. The SMILES string of the molecule is C[C@H]1CN(c2ccc3c(C4CCC(=O)NC4=O)nn(C)c3c2)C(=O)CC1/C=[N+](\C)c1ncc(Cl)c(Nc2ccc3c(c2)CC(=O)N3C)n1. The Hall–Kier alpha value is -5.17. The summed E-state index contributed by atoms with van der Waals surface area (Å²) >= 11 is 6.46. The van der Waals surface area contributed by atoms with Crippen LogP contribution in [-0.4, -0.2) is 74.8 Å². The smallest absolute Gasteiger partial charge is 0.325 e. The van der Waals surface area contributed by atoms with E-state index < -0.39 is 5.92 Å². The predicted octanol–water partition coefficient (Wildman–Crippen LogP) is 3.83. The molecule has 3 atom stereocenters. The zero-order valence-corrected chi connectivity index (χ0v) is 27.8. The molecule has 0 radical (unpaired) electrons. The summed E-state index contributed by atoms with van der Waals surface area (Å²) < 4.78 is 3.54. The van der Waals surface area contributed by atoms with E-state index in [9.17, 15) is 19.2 Å². The number of hydrogen-bond donors (Lipinski definition) is 2. The first-order valence-corrected chi connectivity index (χ1v) is 16.2. The lowest BCUT2D eigenvalue weighted by Gasteiger charge is -2.35. The first kappa shape index (κ1) is 31.4. The van der Waals surface area contributed by atoms with Crippen LogP contribution in [0.3, 0.4) is 0 Å². The van der Waals surface area contributed by atoms with Gasteiger partial charge in [-0.15, -0.1) is 0 Å². The van der Waals surface area contributed by atoms with Crippen molar-refractivity contribution >= 4 is 81.2 Å². The van der Waals surface area contributed by atoms with Crippen molar-refractivity contribution in [2.24, 2.45) is 18.9 Å². The molecule has 246 valence electrons. The van der Waals surface area contributed by atoms with Crippen LogP contribution in [0, 0.1) is 11.8 Å². The number of aromatic nitrogens is 4. The van der Waals surface area contributed by atoms with Gasteiger partial charge >= 0.3 is 5.95 Å². The van der Waals surface area contributed by atoms with Crippen LogP contribution < -0.4 is 20.4 Å². The Morgan fingerprint density at radius 1 is 1.08 bits per heavy atom. The summed E-state index contributed by atoms with van der Waals surface area (Å²) in [5.74, 6) is -0.107. The molecule has 7 rings (SSSR count). The van der Waals surface area contributed by atoms with Crippen LogP contribution in [0.2, 0.25) is 5.02 Å². The number of anilines is 4. The van der Waals surface area contributed by atoms with Gasteiger partial charge in [0.15, 0.2) is 0 Å². The minimum atomic E-state index is -0.494. The first-order valence-electron chi connectivity index (χ1n) is 15.8. The molecule has 4 aromatic rings. The minimum Gasteiger partial charge on any atom is -0.325 e. The van der Waals surface area contributed by atoms with Gasteiger partial charge in [-0.2, -0.15) is 5.10 Å². The molecule has 2 fully saturated rings. The Morgan fingerprint density at radius 2 is 1.90 bits per heavy atom. The molecule has 2 N–H and O–H groups in total. The maximum absolute atomic E-state index is 13.5. The average Bonchev–Trinajstić information content (AvgIpc) is 3.53. The molecule has 5 heterocycles. The monoisotopic (exact) mass is 668 g/mol. The van der Waals surface area contributed by atoms with Crippen molar-refractivity contribution in [2.45, 2.75) is 38.5 Å². The van der Waals surface area contributed by atoms with Gasteiger partial charge in [-0.3, -0.25) is 29.2 Å². The van der Waals surface area contributed by atoms with Gasteiger partial charge in [-0.05, 0) is 59.3 Å². The third-order valence-electron chi connectivity index (χ3n) is 9.54. The topological polar surface area (TPSA) is 145 Å². The van der Waals surface area contributed by atoms with Gasteiger partial charge in [0.2, 0.25) is 29.4 Å². The fraction of sp³-hybridized carbons (Fsp3) is 0.353.